The first-order valence-electron chi connectivity index (χ1n) is 4.71. The lowest BCUT2D eigenvalue weighted by Crippen LogP contribution is -2.30. The normalized spacial score (nSPS) is 23.7. The molecule has 1 nitrogen and oxygen atoms in total. The van der Waals surface area contributed by atoms with E-state index in [0.717, 1.165) is 16.9 Å². The van der Waals surface area contributed by atoms with Crippen LogP contribution in [-0.4, -0.2) is 9.85 Å². The average Bonchev–Trinajstić information content (AvgIpc) is 2.12. The molecule has 1 aromatic carbocycles. The van der Waals surface area contributed by atoms with Crippen molar-refractivity contribution in [2.24, 2.45) is 0 Å². The van der Waals surface area contributed by atoms with Crippen molar-refractivity contribution < 1.29 is 5.11 Å². The molecule has 0 amide bonds. The van der Waals surface area contributed by atoms with Gasteiger partial charge in [0, 0.05) is 20.5 Å². The standard InChI is InChI=1S/C11H12Cl2OS/c1-11(2)10(14)7-3-6(12)4-9(13)8(7)5-15-11/h3-4,10,14H,5H2,1-2H3. The zero-order valence-electron chi connectivity index (χ0n) is 8.55. The first-order valence-corrected chi connectivity index (χ1v) is 6.46. The Kier molecular flexibility index (Phi) is 2.97. The lowest BCUT2D eigenvalue weighted by atomic mass is 9.94. The van der Waals surface area contributed by atoms with Crippen LogP contribution in [0.1, 0.15) is 31.1 Å². The van der Waals surface area contributed by atoms with Gasteiger partial charge in [0.25, 0.3) is 0 Å². The quantitative estimate of drug-likeness (QED) is 0.761. The second-order valence-corrected chi connectivity index (χ2v) is 6.72. The molecule has 1 atom stereocenters. The zero-order chi connectivity index (χ0) is 11.2. The predicted molar refractivity (Wildman–Crippen MR) is 66.8 cm³/mol. The summed E-state index contributed by atoms with van der Waals surface area (Å²) in [5.41, 5.74) is 1.88. The van der Waals surface area contributed by atoms with Crippen LogP contribution in [0.2, 0.25) is 10.0 Å². The third kappa shape index (κ3) is 2.01. The first kappa shape index (κ1) is 11.6. The fourth-order valence-electron chi connectivity index (χ4n) is 1.73. The zero-order valence-corrected chi connectivity index (χ0v) is 10.9. The number of aliphatic hydroxyl groups is 1. The highest BCUT2D eigenvalue weighted by Crippen LogP contribution is 2.47. The molecule has 0 saturated carbocycles. The summed E-state index contributed by atoms with van der Waals surface area (Å²) in [6.45, 7) is 4.06. The summed E-state index contributed by atoms with van der Waals surface area (Å²) >= 11 is 13.7. The monoisotopic (exact) mass is 262 g/mol. The van der Waals surface area contributed by atoms with Crippen molar-refractivity contribution in [3.63, 3.8) is 0 Å². The van der Waals surface area contributed by atoms with Crippen LogP contribution >= 0.6 is 35.0 Å². The summed E-state index contributed by atoms with van der Waals surface area (Å²) < 4.78 is -0.180. The lowest BCUT2D eigenvalue weighted by molar-refractivity contribution is 0.141. The van der Waals surface area contributed by atoms with Crippen LogP contribution in [0.5, 0.6) is 0 Å². The van der Waals surface area contributed by atoms with E-state index in [2.05, 4.69) is 0 Å². The molecule has 0 saturated heterocycles. The van der Waals surface area contributed by atoms with Gasteiger partial charge in [-0.15, -0.1) is 11.8 Å². The van der Waals surface area contributed by atoms with Gasteiger partial charge >= 0.3 is 0 Å². The fourth-order valence-corrected chi connectivity index (χ4v) is 3.51. The number of benzene rings is 1. The summed E-state index contributed by atoms with van der Waals surface area (Å²) in [7, 11) is 0. The highest BCUT2D eigenvalue weighted by molar-refractivity contribution is 8.00. The molecule has 2 rings (SSSR count). The number of thioether (sulfide) groups is 1. The second-order valence-electron chi connectivity index (χ2n) is 4.25. The van der Waals surface area contributed by atoms with Crippen molar-refractivity contribution in [1.29, 1.82) is 0 Å². The van der Waals surface area contributed by atoms with Gasteiger partial charge in [0.15, 0.2) is 0 Å². The Labute approximate surface area is 104 Å². The van der Waals surface area contributed by atoms with Gasteiger partial charge in [-0.3, -0.25) is 0 Å². The Morgan fingerprint density at radius 1 is 1.40 bits per heavy atom. The summed E-state index contributed by atoms with van der Waals surface area (Å²) in [6.07, 6.45) is -0.512. The average molecular weight is 263 g/mol. The summed E-state index contributed by atoms with van der Waals surface area (Å²) in [4.78, 5) is 0. The molecule has 1 unspecified atom stereocenters. The van der Waals surface area contributed by atoms with E-state index < -0.39 is 6.10 Å². The Balaban J connectivity index is 2.56. The number of halogens is 2. The molecule has 0 radical (unpaired) electrons. The number of hydrogen-bond acceptors (Lipinski definition) is 2. The van der Waals surface area contributed by atoms with Gasteiger partial charge < -0.3 is 5.11 Å². The molecule has 1 heterocycles. The van der Waals surface area contributed by atoms with Crippen molar-refractivity contribution in [2.45, 2.75) is 30.5 Å². The number of hydrogen-bond donors (Lipinski definition) is 1. The molecule has 1 N–H and O–H groups in total. The van der Waals surface area contributed by atoms with Crippen LogP contribution in [0.25, 0.3) is 0 Å². The maximum absolute atomic E-state index is 10.2. The molecular weight excluding hydrogens is 251 g/mol. The van der Waals surface area contributed by atoms with Crippen molar-refractivity contribution in [3.05, 3.63) is 33.3 Å². The molecule has 0 fully saturated rings. The molecule has 0 bridgehead atoms. The minimum absolute atomic E-state index is 0.180. The smallest absolute Gasteiger partial charge is 0.0935 e. The van der Waals surface area contributed by atoms with Crippen LogP contribution < -0.4 is 0 Å². The van der Waals surface area contributed by atoms with E-state index in [9.17, 15) is 5.11 Å². The van der Waals surface area contributed by atoms with E-state index in [1.807, 2.05) is 19.9 Å². The van der Waals surface area contributed by atoms with E-state index in [0.29, 0.717) is 10.0 Å². The Hall–Kier alpha value is 0.110. The van der Waals surface area contributed by atoms with Crippen LogP contribution in [0.4, 0.5) is 0 Å². The van der Waals surface area contributed by atoms with Crippen LogP contribution in [0.15, 0.2) is 12.1 Å². The molecule has 1 aromatic rings. The highest BCUT2D eigenvalue weighted by atomic mass is 35.5. The minimum Gasteiger partial charge on any atom is -0.387 e. The third-order valence-electron chi connectivity index (χ3n) is 2.74. The molecule has 0 aliphatic carbocycles. The topological polar surface area (TPSA) is 20.2 Å². The Bertz CT molecular complexity index is 404. The van der Waals surface area contributed by atoms with Gasteiger partial charge in [0.2, 0.25) is 0 Å². The SMILES string of the molecule is CC1(C)SCc2c(Cl)cc(Cl)cc2C1O. The number of rotatable bonds is 0. The predicted octanol–water partition coefficient (Wildman–Crippen LogP) is 4.05. The number of fused-ring (bicyclic) bond motifs is 1. The molecule has 4 heteroatoms. The molecular formula is C11H12Cl2OS. The second kappa shape index (κ2) is 3.85. The van der Waals surface area contributed by atoms with Crippen LogP contribution in [0, 0.1) is 0 Å². The van der Waals surface area contributed by atoms with Gasteiger partial charge in [-0.1, -0.05) is 23.2 Å². The van der Waals surface area contributed by atoms with E-state index in [1.54, 1.807) is 17.8 Å². The van der Waals surface area contributed by atoms with Crippen molar-refractivity contribution in [2.75, 3.05) is 0 Å². The van der Waals surface area contributed by atoms with Gasteiger partial charge in [0.05, 0.1) is 6.10 Å². The van der Waals surface area contributed by atoms with E-state index in [-0.39, 0.29) is 4.75 Å². The van der Waals surface area contributed by atoms with Crippen molar-refractivity contribution in [3.8, 4) is 0 Å². The van der Waals surface area contributed by atoms with Gasteiger partial charge in [-0.25, -0.2) is 0 Å². The summed E-state index contributed by atoms with van der Waals surface area (Å²) in [5.74, 6) is 0.829. The third-order valence-corrected chi connectivity index (χ3v) is 4.69. The van der Waals surface area contributed by atoms with Gasteiger partial charge in [-0.05, 0) is 37.1 Å². The van der Waals surface area contributed by atoms with Gasteiger partial charge in [0.1, 0.15) is 0 Å². The molecule has 0 aromatic heterocycles. The van der Waals surface area contributed by atoms with Crippen molar-refractivity contribution in [1.82, 2.24) is 0 Å². The molecule has 0 spiro atoms. The Morgan fingerprint density at radius 3 is 2.73 bits per heavy atom. The fraction of sp³-hybridized carbons (Fsp3) is 0.455. The molecule has 82 valence electrons. The van der Waals surface area contributed by atoms with Crippen LogP contribution in [-0.2, 0) is 5.75 Å². The summed E-state index contributed by atoms with van der Waals surface area (Å²) in [5, 5.41) is 11.4. The van der Waals surface area contributed by atoms with Crippen molar-refractivity contribution >= 4 is 35.0 Å². The molecule has 1 aliphatic heterocycles. The number of aliphatic hydroxyl groups excluding tert-OH is 1. The maximum Gasteiger partial charge on any atom is 0.0935 e. The Morgan fingerprint density at radius 2 is 2.07 bits per heavy atom. The molecule has 1 aliphatic rings. The minimum atomic E-state index is -0.512. The van der Waals surface area contributed by atoms with E-state index in [4.69, 9.17) is 23.2 Å². The van der Waals surface area contributed by atoms with E-state index in [1.165, 1.54) is 0 Å². The lowest BCUT2D eigenvalue weighted by Gasteiger charge is -2.36. The van der Waals surface area contributed by atoms with Crippen LogP contribution in [0.3, 0.4) is 0 Å². The van der Waals surface area contributed by atoms with E-state index >= 15 is 0 Å². The van der Waals surface area contributed by atoms with Gasteiger partial charge in [-0.2, -0.15) is 0 Å². The highest BCUT2D eigenvalue weighted by Gasteiger charge is 2.36. The first-order chi connectivity index (χ1) is 6.92. The molecule has 15 heavy (non-hydrogen) atoms. The largest absolute Gasteiger partial charge is 0.387 e. The summed E-state index contributed by atoms with van der Waals surface area (Å²) in [6, 6.07) is 3.54. The maximum atomic E-state index is 10.2.